The van der Waals surface area contributed by atoms with Crippen molar-refractivity contribution in [1.29, 1.82) is 0 Å². The highest BCUT2D eigenvalue weighted by Crippen LogP contribution is 2.11. The average molecular weight is 218 g/mol. The van der Waals surface area contributed by atoms with Crippen LogP contribution in [0.5, 0.6) is 0 Å². The number of hydrogen-bond donors (Lipinski definition) is 3. The van der Waals surface area contributed by atoms with Gasteiger partial charge in [0.15, 0.2) is 0 Å². The summed E-state index contributed by atoms with van der Waals surface area (Å²) in [6.07, 6.45) is 0.742. The molecule has 0 saturated heterocycles. The molecule has 0 bridgehead atoms. The van der Waals surface area contributed by atoms with Crippen LogP contribution in [0.25, 0.3) is 0 Å². The molecule has 5 heteroatoms. The van der Waals surface area contributed by atoms with Gasteiger partial charge < -0.3 is 20.9 Å². The van der Waals surface area contributed by atoms with E-state index in [2.05, 4.69) is 5.32 Å². The first kappa shape index (κ1) is 14.3. The third-order valence-corrected chi connectivity index (χ3v) is 2.11. The van der Waals surface area contributed by atoms with E-state index in [4.69, 9.17) is 15.6 Å². The molecule has 0 atom stereocenters. The Labute approximate surface area is 91.0 Å². The third-order valence-electron chi connectivity index (χ3n) is 2.11. The fraction of sp³-hybridized carbons (Fsp3) is 0.900. The van der Waals surface area contributed by atoms with Gasteiger partial charge in [0.2, 0.25) is 5.91 Å². The highest BCUT2D eigenvalue weighted by atomic mass is 16.5. The summed E-state index contributed by atoms with van der Waals surface area (Å²) in [7, 11) is 0. The molecule has 0 aliphatic carbocycles. The van der Waals surface area contributed by atoms with E-state index in [0.29, 0.717) is 26.3 Å². The molecule has 0 fully saturated rings. The molecule has 1 amide bonds. The van der Waals surface area contributed by atoms with Crippen molar-refractivity contribution in [1.82, 2.24) is 5.32 Å². The molecule has 0 unspecified atom stereocenters. The fourth-order valence-corrected chi connectivity index (χ4v) is 0.875. The number of aliphatic hydroxyl groups is 1. The number of rotatable bonds is 8. The molecule has 15 heavy (non-hydrogen) atoms. The standard InChI is InChI=1S/C10H22N2O3/c1-10(2,8-11)9(14)12-4-3-6-15-7-5-13/h13H,3-8,11H2,1-2H3,(H,12,14). The number of carbonyl (C=O) groups is 1. The van der Waals surface area contributed by atoms with Crippen LogP contribution in [0.2, 0.25) is 0 Å². The molecule has 0 aromatic heterocycles. The van der Waals surface area contributed by atoms with E-state index in [1.54, 1.807) is 0 Å². The Morgan fingerprint density at radius 1 is 1.47 bits per heavy atom. The number of carbonyl (C=O) groups excluding carboxylic acids is 1. The minimum absolute atomic E-state index is 0.0343. The van der Waals surface area contributed by atoms with E-state index in [9.17, 15) is 4.79 Å². The Kier molecular flexibility index (Phi) is 7.29. The van der Waals surface area contributed by atoms with Crippen molar-refractivity contribution in [3.05, 3.63) is 0 Å². The summed E-state index contributed by atoms with van der Waals surface area (Å²) in [5.74, 6) is -0.0350. The van der Waals surface area contributed by atoms with Crippen LogP contribution in [-0.2, 0) is 9.53 Å². The van der Waals surface area contributed by atoms with Gasteiger partial charge in [-0.2, -0.15) is 0 Å². The monoisotopic (exact) mass is 218 g/mol. The summed E-state index contributed by atoms with van der Waals surface area (Å²) in [4.78, 5) is 11.5. The van der Waals surface area contributed by atoms with Crippen molar-refractivity contribution in [2.24, 2.45) is 11.1 Å². The quantitative estimate of drug-likeness (QED) is 0.479. The largest absolute Gasteiger partial charge is 0.394 e. The zero-order valence-electron chi connectivity index (χ0n) is 9.58. The van der Waals surface area contributed by atoms with Crippen molar-refractivity contribution in [3.63, 3.8) is 0 Å². The Hall–Kier alpha value is -0.650. The van der Waals surface area contributed by atoms with Crippen LogP contribution in [0, 0.1) is 5.41 Å². The maximum Gasteiger partial charge on any atom is 0.226 e. The Bertz CT molecular complexity index is 184. The van der Waals surface area contributed by atoms with Crippen LogP contribution in [0.15, 0.2) is 0 Å². The van der Waals surface area contributed by atoms with Crippen molar-refractivity contribution in [2.75, 3.05) is 32.9 Å². The van der Waals surface area contributed by atoms with Gasteiger partial charge in [-0.15, -0.1) is 0 Å². The third kappa shape index (κ3) is 6.43. The molecule has 90 valence electrons. The van der Waals surface area contributed by atoms with Gasteiger partial charge in [-0.1, -0.05) is 0 Å². The first-order valence-electron chi connectivity index (χ1n) is 5.21. The lowest BCUT2D eigenvalue weighted by Crippen LogP contribution is -2.42. The number of aliphatic hydroxyl groups excluding tert-OH is 1. The normalized spacial score (nSPS) is 11.5. The maximum atomic E-state index is 11.5. The van der Waals surface area contributed by atoms with Gasteiger partial charge in [-0.25, -0.2) is 0 Å². The van der Waals surface area contributed by atoms with E-state index in [-0.39, 0.29) is 12.5 Å². The molecule has 0 rings (SSSR count). The van der Waals surface area contributed by atoms with Gasteiger partial charge in [0.05, 0.1) is 18.6 Å². The maximum absolute atomic E-state index is 11.5. The first-order valence-corrected chi connectivity index (χ1v) is 5.21. The van der Waals surface area contributed by atoms with E-state index >= 15 is 0 Å². The lowest BCUT2D eigenvalue weighted by molar-refractivity contribution is -0.128. The van der Waals surface area contributed by atoms with Gasteiger partial charge in [0, 0.05) is 19.7 Å². The molecule has 4 N–H and O–H groups in total. The second kappa shape index (κ2) is 7.62. The summed E-state index contributed by atoms with van der Waals surface area (Å²) < 4.78 is 5.05. The highest BCUT2D eigenvalue weighted by molar-refractivity contribution is 5.81. The zero-order valence-corrected chi connectivity index (χ0v) is 9.58. The lowest BCUT2D eigenvalue weighted by atomic mass is 9.93. The Morgan fingerprint density at radius 3 is 2.67 bits per heavy atom. The minimum atomic E-state index is -0.508. The van der Waals surface area contributed by atoms with Crippen molar-refractivity contribution >= 4 is 5.91 Å². The van der Waals surface area contributed by atoms with Crippen LogP contribution < -0.4 is 11.1 Å². The smallest absolute Gasteiger partial charge is 0.226 e. The molecule has 5 nitrogen and oxygen atoms in total. The van der Waals surface area contributed by atoms with Crippen LogP contribution in [0.1, 0.15) is 20.3 Å². The Morgan fingerprint density at radius 2 is 2.13 bits per heavy atom. The highest BCUT2D eigenvalue weighted by Gasteiger charge is 2.24. The second-order valence-corrected chi connectivity index (χ2v) is 4.03. The molecular weight excluding hydrogens is 196 g/mol. The van der Waals surface area contributed by atoms with Gasteiger partial charge in [0.1, 0.15) is 0 Å². The summed E-state index contributed by atoms with van der Waals surface area (Å²) in [6, 6.07) is 0. The van der Waals surface area contributed by atoms with Crippen LogP contribution >= 0.6 is 0 Å². The van der Waals surface area contributed by atoms with Crippen molar-refractivity contribution < 1.29 is 14.6 Å². The van der Waals surface area contributed by atoms with E-state index in [1.807, 2.05) is 13.8 Å². The van der Waals surface area contributed by atoms with Crippen LogP contribution in [-0.4, -0.2) is 43.9 Å². The van der Waals surface area contributed by atoms with E-state index in [1.165, 1.54) is 0 Å². The topological polar surface area (TPSA) is 84.6 Å². The molecule has 0 aliphatic heterocycles. The predicted octanol–water partition coefficient (Wildman–Crippen LogP) is -0.513. The van der Waals surface area contributed by atoms with Gasteiger partial charge in [-0.05, 0) is 20.3 Å². The molecule has 0 spiro atoms. The van der Waals surface area contributed by atoms with Crippen molar-refractivity contribution in [2.45, 2.75) is 20.3 Å². The molecular formula is C10H22N2O3. The molecule has 0 radical (unpaired) electrons. The van der Waals surface area contributed by atoms with Gasteiger partial charge in [0.25, 0.3) is 0 Å². The van der Waals surface area contributed by atoms with Crippen LogP contribution in [0.3, 0.4) is 0 Å². The molecule has 0 aliphatic rings. The minimum Gasteiger partial charge on any atom is -0.394 e. The molecule has 0 aromatic carbocycles. The van der Waals surface area contributed by atoms with Crippen molar-refractivity contribution in [3.8, 4) is 0 Å². The zero-order chi connectivity index (χ0) is 11.7. The lowest BCUT2D eigenvalue weighted by Gasteiger charge is -2.21. The van der Waals surface area contributed by atoms with Gasteiger partial charge >= 0.3 is 0 Å². The number of amides is 1. The average Bonchev–Trinajstić information content (AvgIpc) is 2.22. The molecule has 0 heterocycles. The second-order valence-electron chi connectivity index (χ2n) is 4.03. The number of ether oxygens (including phenoxy) is 1. The molecule has 0 aromatic rings. The van der Waals surface area contributed by atoms with E-state index < -0.39 is 5.41 Å². The summed E-state index contributed by atoms with van der Waals surface area (Å²) in [5.41, 5.74) is 4.96. The Balaban J connectivity index is 3.47. The van der Waals surface area contributed by atoms with Gasteiger partial charge in [-0.3, -0.25) is 4.79 Å². The fourth-order valence-electron chi connectivity index (χ4n) is 0.875. The van der Waals surface area contributed by atoms with Crippen LogP contribution in [0.4, 0.5) is 0 Å². The number of hydrogen-bond acceptors (Lipinski definition) is 4. The summed E-state index contributed by atoms with van der Waals surface area (Å²) >= 11 is 0. The van der Waals surface area contributed by atoms with E-state index in [0.717, 1.165) is 6.42 Å². The SMILES string of the molecule is CC(C)(CN)C(=O)NCCCOCCO. The summed E-state index contributed by atoms with van der Waals surface area (Å²) in [5, 5.41) is 11.2. The number of nitrogens with one attached hydrogen (secondary N) is 1. The molecule has 0 saturated carbocycles. The first-order chi connectivity index (χ1) is 7.04. The summed E-state index contributed by atoms with van der Waals surface area (Å²) in [6.45, 7) is 5.46. The predicted molar refractivity (Wildman–Crippen MR) is 58.4 cm³/mol. The number of nitrogens with two attached hydrogens (primary N) is 1.